The molecule has 0 saturated carbocycles. The molecule has 1 amide bonds. The van der Waals surface area contributed by atoms with E-state index in [0.29, 0.717) is 11.4 Å². The molecule has 1 heterocycles. The predicted molar refractivity (Wildman–Crippen MR) is 98.5 cm³/mol. The first-order valence-electron chi connectivity index (χ1n) is 8.27. The Balaban J connectivity index is 1.93. The minimum Gasteiger partial charge on any atom is -0.452 e. The molecule has 2 N–H and O–H groups in total. The normalized spacial score (nSPS) is 12.5. The molecule has 0 spiro atoms. The van der Waals surface area contributed by atoms with E-state index < -0.39 is 45.3 Å². The van der Waals surface area contributed by atoms with Gasteiger partial charge in [0.05, 0.1) is 17.1 Å². The maximum absolute atomic E-state index is 13.6. The highest BCUT2D eigenvalue weighted by Gasteiger charge is 2.23. The second kappa shape index (κ2) is 8.48. The largest absolute Gasteiger partial charge is 0.452 e. The highest BCUT2D eigenvalue weighted by atomic mass is 32.2. The van der Waals surface area contributed by atoms with Crippen molar-refractivity contribution < 1.29 is 27.1 Å². The molecule has 0 fully saturated rings. The summed E-state index contributed by atoms with van der Waals surface area (Å²) in [4.78, 5) is 23.5. The van der Waals surface area contributed by atoms with Gasteiger partial charge in [-0.3, -0.25) is 14.3 Å². The summed E-state index contributed by atoms with van der Waals surface area (Å²) in [6, 6.07) is 4.75. The van der Waals surface area contributed by atoms with Crippen LogP contribution in [0.1, 0.15) is 18.3 Å². The number of aromatic nitrogens is 2. The van der Waals surface area contributed by atoms with E-state index >= 15 is 0 Å². The number of hydrogen-bond donors (Lipinski definition) is 2. The van der Waals surface area contributed by atoms with Crippen molar-refractivity contribution in [1.29, 1.82) is 0 Å². The summed E-state index contributed by atoms with van der Waals surface area (Å²) in [5, 5.41) is 6.79. The van der Waals surface area contributed by atoms with Crippen LogP contribution in [-0.4, -0.2) is 42.7 Å². The number of rotatable bonds is 7. The van der Waals surface area contributed by atoms with Crippen LogP contribution in [0.3, 0.4) is 0 Å². The number of nitrogens with zero attached hydrogens (tertiary/aromatic N) is 2. The molecule has 0 radical (unpaired) electrons. The molecule has 9 nitrogen and oxygen atoms in total. The van der Waals surface area contributed by atoms with Crippen molar-refractivity contribution in [2.24, 2.45) is 7.05 Å². The summed E-state index contributed by atoms with van der Waals surface area (Å²) in [5.41, 5.74) is 1.84. The van der Waals surface area contributed by atoms with E-state index in [1.807, 2.05) is 4.72 Å². The van der Waals surface area contributed by atoms with Crippen molar-refractivity contribution in [3.63, 3.8) is 0 Å². The molecule has 11 heteroatoms. The third-order valence-corrected chi connectivity index (χ3v) is 5.40. The van der Waals surface area contributed by atoms with Gasteiger partial charge in [0.2, 0.25) is 10.0 Å². The third kappa shape index (κ3) is 4.93. The first kappa shape index (κ1) is 21.5. The number of carbonyl (C=O) groups is 2. The fourth-order valence-corrected chi connectivity index (χ4v) is 3.41. The Kier molecular flexibility index (Phi) is 6.52. The second-order valence-electron chi connectivity index (χ2n) is 6.05. The Morgan fingerprint density at radius 3 is 2.50 bits per heavy atom. The fourth-order valence-electron chi connectivity index (χ4n) is 2.37. The lowest BCUT2D eigenvalue weighted by molar-refractivity contribution is -0.151. The first-order valence-corrected chi connectivity index (χ1v) is 9.76. The topological polar surface area (TPSA) is 119 Å². The van der Waals surface area contributed by atoms with Crippen molar-refractivity contribution in [3.05, 3.63) is 41.5 Å². The van der Waals surface area contributed by atoms with Gasteiger partial charge in [-0.2, -0.15) is 9.82 Å². The number of benzene rings is 1. The van der Waals surface area contributed by atoms with Crippen LogP contribution >= 0.6 is 0 Å². The lowest BCUT2D eigenvalue weighted by Crippen LogP contribution is -2.36. The van der Waals surface area contributed by atoms with E-state index in [1.165, 1.54) is 19.1 Å². The van der Waals surface area contributed by atoms with Gasteiger partial charge in [0.15, 0.2) is 6.10 Å². The van der Waals surface area contributed by atoms with Crippen LogP contribution < -0.4 is 10.0 Å². The highest BCUT2D eigenvalue weighted by molar-refractivity contribution is 7.89. The average molecular weight is 412 g/mol. The van der Waals surface area contributed by atoms with Crippen LogP contribution in [0.2, 0.25) is 0 Å². The van der Waals surface area contributed by atoms with Crippen molar-refractivity contribution >= 4 is 27.6 Å². The van der Waals surface area contributed by atoms with Crippen LogP contribution in [-0.2, 0) is 31.4 Å². The number of aryl methyl sites for hydroxylation is 2. The first-order chi connectivity index (χ1) is 13.0. The van der Waals surface area contributed by atoms with Gasteiger partial charge in [-0.15, -0.1) is 0 Å². The number of ether oxygens (including phenoxy) is 1. The summed E-state index contributed by atoms with van der Waals surface area (Å²) in [6.45, 7) is 4.08. The number of halogens is 1. The summed E-state index contributed by atoms with van der Waals surface area (Å²) in [7, 11) is -2.51. The quantitative estimate of drug-likeness (QED) is 0.656. The Labute approximate surface area is 161 Å². The van der Waals surface area contributed by atoms with Gasteiger partial charge < -0.3 is 10.1 Å². The number of anilines is 1. The van der Waals surface area contributed by atoms with Crippen LogP contribution in [0.15, 0.2) is 29.2 Å². The molecule has 2 aromatic rings. The Bertz CT molecular complexity index is 1000. The minimum atomic E-state index is -4.24. The van der Waals surface area contributed by atoms with Gasteiger partial charge in [0, 0.05) is 7.05 Å². The van der Waals surface area contributed by atoms with Gasteiger partial charge in [-0.1, -0.05) is 12.1 Å². The van der Waals surface area contributed by atoms with Gasteiger partial charge in [0.25, 0.3) is 5.91 Å². The SMILES string of the molecule is Cc1nn(C)c(C)c1NC(=O)[C@H](C)OC(=O)CNS(=O)(=O)c1ccccc1F. The summed E-state index contributed by atoms with van der Waals surface area (Å²) < 4.78 is 46.2. The number of nitrogens with one attached hydrogen (secondary N) is 2. The molecule has 1 atom stereocenters. The zero-order valence-corrected chi connectivity index (χ0v) is 16.6. The third-order valence-electron chi connectivity index (χ3n) is 3.97. The molecule has 0 aliphatic heterocycles. The zero-order chi connectivity index (χ0) is 21.1. The summed E-state index contributed by atoms with van der Waals surface area (Å²) >= 11 is 0. The van der Waals surface area contributed by atoms with Crippen molar-refractivity contribution in [2.75, 3.05) is 11.9 Å². The zero-order valence-electron chi connectivity index (χ0n) is 15.8. The van der Waals surface area contributed by atoms with Crippen LogP contribution in [0.4, 0.5) is 10.1 Å². The number of sulfonamides is 1. The molecule has 2 rings (SSSR count). The van der Waals surface area contributed by atoms with E-state index in [-0.39, 0.29) is 0 Å². The molecule has 1 aromatic carbocycles. The number of hydrogen-bond acceptors (Lipinski definition) is 6. The Hall–Kier alpha value is -2.79. The van der Waals surface area contributed by atoms with E-state index in [9.17, 15) is 22.4 Å². The van der Waals surface area contributed by atoms with Gasteiger partial charge >= 0.3 is 5.97 Å². The van der Waals surface area contributed by atoms with Crippen molar-refractivity contribution in [1.82, 2.24) is 14.5 Å². The minimum absolute atomic E-state index is 0.510. The Morgan fingerprint density at radius 2 is 1.93 bits per heavy atom. The molecule has 0 aliphatic carbocycles. The maximum Gasteiger partial charge on any atom is 0.321 e. The van der Waals surface area contributed by atoms with Crippen molar-refractivity contribution in [3.8, 4) is 0 Å². The second-order valence-corrected chi connectivity index (χ2v) is 7.78. The number of carbonyl (C=O) groups excluding carboxylic acids is 2. The molecular weight excluding hydrogens is 391 g/mol. The number of amides is 1. The smallest absolute Gasteiger partial charge is 0.321 e. The monoisotopic (exact) mass is 412 g/mol. The maximum atomic E-state index is 13.6. The molecule has 152 valence electrons. The fraction of sp³-hybridized carbons (Fsp3) is 0.353. The molecule has 0 unspecified atom stereocenters. The Morgan fingerprint density at radius 1 is 1.29 bits per heavy atom. The molecule has 1 aromatic heterocycles. The highest BCUT2D eigenvalue weighted by Crippen LogP contribution is 2.18. The van der Waals surface area contributed by atoms with E-state index in [1.54, 1.807) is 25.6 Å². The lowest BCUT2D eigenvalue weighted by atomic mass is 10.3. The van der Waals surface area contributed by atoms with Gasteiger partial charge in [-0.05, 0) is 32.9 Å². The molecule has 0 bridgehead atoms. The van der Waals surface area contributed by atoms with Crippen LogP contribution in [0, 0.1) is 19.7 Å². The number of esters is 1. The molecule has 0 aliphatic rings. The average Bonchev–Trinajstić information content (AvgIpc) is 2.86. The van der Waals surface area contributed by atoms with Crippen LogP contribution in [0.5, 0.6) is 0 Å². The predicted octanol–water partition coefficient (Wildman–Crippen LogP) is 1.02. The van der Waals surface area contributed by atoms with Gasteiger partial charge in [0.1, 0.15) is 17.3 Å². The standard InChI is InChI=1S/C17H21FN4O5S/c1-10-16(11(2)22(4)21-10)20-17(24)12(3)27-15(23)9-19-28(25,26)14-8-6-5-7-13(14)18/h5-8,12,19H,9H2,1-4H3,(H,20,24)/t12-/m0/s1. The molecular formula is C17H21FN4O5S. The molecule has 0 saturated heterocycles. The lowest BCUT2D eigenvalue weighted by Gasteiger charge is -2.14. The van der Waals surface area contributed by atoms with Gasteiger partial charge in [-0.25, -0.2) is 12.8 Å². The summed E-state index contributed by atoms with van der Waals surface area (Å²) in [6.07, 6.45) is -1.18. The van der Waals surface area contributed by atoms with E-state index in [2.05, 4.69) is 10.4 Å². The van der Waals surface area contributed by atoms with E-state index in [0.717, 1.165) is 17.8 Å². The van der Waals surface area contributed by atoms with Crippen molar-refractivity contribution in [2.45, 2.75) is 31.8 Å². The van der Waals surface area contributed by atoms with Crippen LogP contribution in [0.25, 0.3) is 0 Å². The van der Waals surface area contributed by atoms with E-state index in [4.69, 9.17) is 4.74 Å². The molecule has 28 heavy (non-hydrogen) atoms. The summed E-state index contributed by atoms with van der Waals surface area (Å²) in [5.74, 6) is -2.52.